The summed E-state index contributed by atoms with van der Waals surface area (Å²) < 4.78 is 10.7. The Morgan fingerprint density at radius 1 is 1.41 bits per heavy atom. The molecule has 0 bridgehead atoms. The van der Waals surface area contributed by atoms with Crippen LogP contribution in [0.25, 0.3) is 0 Å². The maximum Gasteiger partial charge on any atom is 0.142 e. The van der Waals surface area contributed by atoms with Crippen LogP contribution >= 0.6 is 0 Å². The van der Waals surface area contributed by atoms with Crippen molar-refractivity contribution >= 4 is 5.69 Å². The lowest BCUT2D eigenvalue weighted by Gasteiger charge is -2.25. The van der Waals surface area contributed by atoms with Crippen LogP contribution in [-0.4, -0.2) is 40.0 Å². The van der Waals surface area contributed by atoms with Gasteiger partial charge < -0.3 is 20.1 Å². The smallest absolute Gasteiger partial charge is 0.142 e. The number of hydrogen-bond donors (Lipinski definition) is 1. The second kappa shape index (κ2) is 5.38. The first-order chi connectivity index (χ1) is 8.22. The summed E-state index contributed by atoms with van der Waals surface area (Å²) in [5.74, 6) is 1.28. The number of para-hydroxylation sites is 2. The number of hydrogen-bond acceptors (Lipinski definition) is 4. The molecule has 17 heavy (non-hydrogen) atoms. The van der Waals surface area contributed by atoms with Crippen molar-refractivity contribution in [2.75, 3.05) is 38.8 Å². The standard InChI is InChI=1S/C13H20N2O2/c1-15(7-10-8-17-9-11(10)14)12-5-3-4-6-13(12)16-2/h3-6,10-11H,7-9,14H2,1-2H3. The Kier molecular flexibility index (Phi) is 3.86. The van der Waals surface area contributed by atoms with Gasteiger partial charge in [-0.3, -0.25) is 0 Å². The van der Waals surface area contributed by atoms with Gasteiger partial charge in [0.2, 0.25) is 0 Å². The summed E-state index contributed by atoms with van der Waals surface area (Å²) >= 11 is 0. The minimum atomic E-state index is 0.146. The second-order valence-electron chi connectivity index (χ2n) is 4.51. The molecule has 1 fully saturated rings. The maximum absolute atomic E-state index is 5.99. The van der Waals surface area contributed by atoms with Crippen molar-refractivity contribution < 1.29 is 9.47 Å². The normalized spacial score (nSPS) is 23.7. The summed E-state index contributed by atoms with van der Waals surface area (Å²) in [6.45, 7) is 2.31. The highest BCUT2D eigenvalue weighted by Crippen LogP contribution is 2.27. The van der Waals surface area contributed by atoms with E-state index in [1.807, 2.05) is 18.2 Å². The van der Waals surface area contributed by atoms with E-state index in [4.69, 9.17) is 15.2 Å². The summed E-state index contributed by atoms with van der Waals surface area (Å²) in [6, 6.07) is 8.16. The summed E-state index contributed by atoms with van der Waals surface area (Å²) in [7, 11) is 3.75. The molecule has 0 spiro atoms. The molecular formula is C13H20N2O2. The first-order valence-electron chi connectivity index (χ1n) is 5.90. The molecule has 2 N–H and O–H groups in total. The minimum Gasteiger partial charge on any atom is -0.495 e. The minimum absolute atomic E-state index is 0.146. The third-order valence-corrected chi connectivity index (χ3v) is 3.25. The molecule has 2 unspecified atom stereocenters. The van der Waals surface area contributed by atoms with Gasteiger partial charge in [0.25, 0.3) is 0 Å². The molecule has 1 heterocycles. The molecule has 1 saturated heterocycles. The van der Waals surface area contributed by atoms with Crippen LogP contribution in [0.2, 0.25) is 0 Å². The fraction of sp³-hybridized carbons (Fsp3) is 0.538. The number of rotatable bonds is 4. The third-order valence-electron chi connectivity index (χ3n) is 3.25. The number of anilines is 1. The summed E-state index contributed by atoms with van der Waals surface area (Å²) in [4.78, 5) is 2.18. The first-order valence-corrected chi connectivity index (χ1v) is 5.90. The predicted octanol–water partition coefficient (Wildman–Crippen LogP) is 1.11. The van der Waals surface area contributed by atoms with Crippen LogP contribution in [0.3, 0.4) is 0 Å². The van der Waals surface area contributed by atoms with E-state index in [9.17, 15) is 0 Å². The number of methoxy groups -OCH3 is 1. The molecule has 4 nitrogen and oxygen atoms in total. The van der Waals surface area contributed by atoms with Gasteiger partial charge in [0.1, 0.15) is 5.75 Å². The molecule has 1 aliphatic heterocycles. The van der Waals surface area contributed by atoms with E-state index in [-0.39, 0.29) is 6.04 Å². The summed E-state index contributed by atoms with van der Waals surface area (Å²) in [6.07, 6.45) is 0. The Morgan fingerprint density at radius 3 is 2.82 bits per heavy atom. The van der Waals surface area contributed by atoms with Crippen LogP contribution in [-0.2, 0) is 4.74 Å². The Hall–Kier alpha value is -1.26. The highest BCUT2D eigenvalue weighted by molar-refractivity contribution is 5.57. The molecule has 0 amide bonds. The van der Waals surface area contributed by atoms with E-state index in [1.165, 1.54) is 0 Å². The van der Waals surface area contributed by atoms with Crippen molar-refractivity contribution in [3.05, 3.63) is 24.3 Å². The van der Waals surface area contributed by atoms with Crippen LogP contribution < -0.4 is 15.4 Å². The number of nitrogens with zero attached hydrogens (tertiary/aromatic N) is 1. The van der Waals surface area contributed by atoms with Gasteiger partial charge in [-0.1, -0.05) is 12.1 Å². The molecular weight excluding hydrogens is 216 g/mol. The zero-order valence-corrected chi connectivity index (χ0v) is 10.4. The van der Waals surface area contributed by atoms with E-state index in [2.05, 4.69) is 18.0 Å². The van der Waals surface area contributed by atoms with Crippen LogP contribution in [0, 0.1) is 5.92 Å². The lowest BCUT2D eigenvalue weighted by molar-refractivity contribution is 0.185. The Labute approximate surface area is 102 Å². The lowest BCUT2D eigenvalue weighted by atomic mass is 10.0. The van der Waals surface area contributed by atoms with Crippen molar-refractivity contribution in [1.29, 1.82) is 0 Å². The fourth-order valence-electron chi connectivity index (χ4n) is 2.20. The molecule has 2 rings (SSSR count). The highest BCUT2D eigenvalue weighted by atomic mass is 16.5. The summed E-state index contributed by atoms with van der Waals surface area (Å²) in [5.41, 5.74) is 7.08. The maximum atomic E-state index is 5.99. The number of benzene rings is 1. The van der Waals surface area contributed by atoms with E-state index >= 15 is 0 Å². The molecule has 2 atom stereocenters. The van der Waals surface area contributed by atoms with E-state index in [0.717, 1.165) is 24.6 Å². The molecule has 1 aromatic carbocycles. The van der Waals surface area contributed by atoms with Gasteiger partial charge in [0.15, 0.2) is 0 Å². The van der Waals surface area contributed by atoms with Crippen molar-refractivity contribution in [3.8, 4) is 5.75 Å². The molecule has 0 radical (unpaired) electrons. The monoisotopic (exact) mass is 236 g/mol. The average molecular weight is 236 g/mol. The average Bonchev–Trinajstić information content (AvgIpc) is 2.75. The van der Waals surface area contributed by atoms with Crippen molar-refractivity contribution in [1.82, 2.24) is 0 Å². The zero-order chi connectivity index (χ0) is 12.3. The Bertz CT molecular complexity index is 370. The van der Waals surface area contributed by atoms with Crippen molar-refractivity contribution in [2.24, 2.45) is 11.7 Å². The predicted molar refractivity (Wildman–Crippen MR) is 68.5 cm³/mol. The largest absolute Gasteiger partial charge is 0.495 e. The van der Waals surface area contributed by atoms with E-state index in [0.29, 0.717) is 12.5 Å². The highest BCUT2D eigenvalue weighted by Gasteiger charge is 2.26. The lowest BCUT2D eigenvalue weighted by Crippen LogP contribution is -2.37. The number of nitrogens with two attached hydrogens (primary N) is 1. The Balaban J connectivity index is 2.06. The Morgan fingerprint density at radius 2 is 2.18 bits per heavy atom. The summed E-state index contributed by atoms with van der Waals surface area (Å²) in [5, 5.41) is 0. The van der Waals surface area contributed by atoms with Gasteiger partial charge in [-0.25, -0.2) is 0 Å². The molecule has 1 aromatic rings. The molecule has 0 aliphatic carbocycles. The quantitative estimate of drug-likeness (QED) is 0.850. The number of ether oxygens (including phenoxy) is 2. The second-order valence-corrected chi connectivity index (χ2v) is 4.51. The van der Waals surface area contributed by atoms with E-state index < -0.39 is 0 Å². The SMILES string of the molecule is COc1ccccc1N(C)CC1COCC1N. The molecule has 4 heteroatoms. The fourth-order valence-corrected chi connectivity index (χ4v) is 2.20. The van der Waals surface area contributed by atoms with Crippen LogP contribution in [0.4, 0.5) is 5.69 Å². The third kappa shape index (κ3) is 2.70. The first kappa shape index (κ1) is 12.2. The van der Waals surface area contributed by atoms with Gasteiger partial charge in [-0.2, -0.15) is 0 Å². The van der Waals surface area contributed by atoms with Crippen molar-refractivity contribution in [2.45, 2.75) is 6.04 Å². The molecule has 1 aliphatic rings. The van der Waals surface area contributed by atoms with Crippen LogP contribution in [0.1, 0.15) is 0 Å². The topological polar surface area (TPSA) is 47.7 Å². The van der Waals surface area contributed by atoms with Crippen molar-refractivity contribution in [3.63, 3.8) is 0 Å². The van der Waals surface area contributed by atoms with Gasteiger partial charge >= 0.3 is 0 Å². The van der Waals surface area contributed by atoms with Crippen LogP contribution in [0.15, 0.2) is 24.3 Å². The van der Waals surface area contributed by atoms with Gasteiger partial charge in [0.05, 0.1) is 26.0 Å². The molecule has 94 valence electrons. The van der Waals surface area contributed by atoms with Gasteiger partial charge in [-0.15, -0.1) is 0 Å². The van der Waals surface area contributed by atoms with E-state index in [1.54, 1.807) is 7.11 Å². The zero-order valence-electron chi connectivity index (χ0n) is 10.4. The van der Waals surface area contributed by atoms with Gasteiger partial charge in [-0.05, 0) is 12.1 Å². The van der Waals surface area contributed by atoms with Gasteiger partial charge in [0, 0.05) is 25.6 Å². The molecule has 0 saturated carbocycles. The molecule has 0 aromatic heterocycles. The van der Waals surface area contributed by atoms with Crippen LogP contribution in [0.5, 0.6) is 5.75 Å².